The van der Waals surface area contributed by atoms with Crippen LogP contribution in [0.15, 0.2) is 140 Å². The summed E-state index contributed by atoms with van der Waals surface area (Å²) in [6, 6.07) is 49.6. The lowest BCUT2D eigenvalue weighted by atomic mass is 10.1. The van der Waals surface area contributed by atoms with Crippen LogP contribution >= 0.6 is 11.3 Å². The molecule has 196 valence electrons. The molecule has 0 unspecified atom stereocenters. The molecule has 0 aliphatic heterocycles. The molecule has 3 nitrogen and oxygen atoms in total. The molecule has 8 aromatic rings. The Morgan fingerprint density at radius 2 is 1.34 bits per heavy atom. The SMILES string of the molecule is Nc1ccccc1N(Cc1cccc(-n2c3ccccc3c3ccc4c5ccccc5sc4c32)c1)c1ccccc1. The fourth-order valence-electron chi connectivity index (χ4n) is 6.13. The molecule has 2 N–H and O–H groups in total. The maximum Gasteiger partial charge on any atom is 0.0719 e. The predicted octanol–water partition coefficient (Wildman–Crippen LogP) is 10.1. The number of anilines is 3. The zero-order valence-corrected chi connectivity index (χ0v) is 23.2. The lowest BCUT2D eigenvalue weighted by Gasteiger charge is -2.27. The lowest BCUT2D eigenvalue weighted by Crippen LogP contribution is -2.18. The van der Waals surface area contributed by atoms with Gasteiger partial charge in [-0.25, -0.2) is 0 Å². The second-order valence-corrected chi connectivity index (χ2v) is 11.5. The van der Waals surface area contributed by atoms with Gasteiger partial charge in [0, 0.05) is 44.2 Å². The molecule has 2 aromatic heterocycles. The molecule has 2 heterocycles. The Morgan fingerprint density at radius 1 is 0.610 bits per heavy atom. The van der Waals surface area contributed by atoms with Gasteiger partial charge in [-0.15, -0.1) is 11.3 Å². The molecule has 0 atom stereocenters. The summed E-state index contributed by atoms with van der Waals surface area (Å²) in [5.41, 5.74) is 14.2. The number of thiophene rings is 1. The maximum absolute atomic E-state index is 6.48. The molecular weight excluding hydrogens is 518 g/mol. The van der Waals surface area contributed by atoms with Crippen LogP contribution in [0.5, 0.6) is 0 Å². The Hall–Kier alpha value is -5.06. The summed E-state index contributed by atoms with van der Waals surface area (Å²) >= 11 is 1.88. The summed E-state index contributed by atoms with van der Waals surface area (Å²) in [4.78, 5) is 2.30. The third-order valence-electron chi connectivity index (χ3n) is 7.98. The Morgan fingerprint density at radius 3 is 2.22 bits per heavy atom. The van der Waals surface area contributed by atoms with Gasteiger partial charge in [-0.05, 0) is 54.1 Å². The average molecular weight is 546 g/mol. The van der Waals surface area contributed by atoms with Crippen molar-refractivity contribution in [3.05, 3.63) is 145 Å². The van der Waals surface area contributed by atoms with Crippen molar-refractivity contribution in [3.63, 3.8) is 0 Å². The van der Waals surface area contributed by atoms with Crippen LogP contribution in [0.4, 0.5) is 17.1 Å². The minimum atomic E-state index is 0.696. The average Bonchev–Trinajstić information content (AvgIpc) is 3.57. The monoisotopic (exact) mass is 545 g/mol. The Bertz CT molecular complexity index is 2210. The zero-order valence-electron chi connectivity index (χ0n) is 22.4. The van der Waals surface area contributed by atoms with Crippen LogP contribution in [0.3, 0.4) is 0 Å². The van der Waals surface area contributed by atoms with Crippen molar-refractivity contribution < 1.29 is 0 Å². The van der Waals surface area contributed by atoms with Crippen LogP contribution in [0, 0.1) is 0 Å². The number of hydrogen-bond acceptors (Lipinski definition) is 3. The molecule has 0 aliphatic rings. The number of nitrogen functional groups attached to an aromatic ring is 1. The van der Waals surface area contributed by atoms with Gasteiger partial charge in [0.05, 0.1) is 27.1 Å². The number of rotatable bonds is 5. The van der Waals surface area contributed by atoms with Crippen molar-refractivity contribution in [3.8, 4) is 5.69 Å². The van der Waals surface area contributed by atoms with Crippen molar-refractivity contribution in [1.82, 2.24) is 4.57 Å². The fraction of sp³-hybridized carbons (Fsp3) is 0.0270. The van der Waals surface area contributed by atoms with Gasteiger partial charge in [-0.2, -0.15) is 0 Å². The number of fused-ring (bicyclic) bond motifs is 7. The molecule has 0 spiro atoms. The lowest BCUT2D eigenvalue weighted by molar-refractivity contribution is 0.973. The zero-order chi connectivity index (χ0) is 27.3. The molecule has 0 radical (unpaired) electrons. The molecule has 0 fully saturated rings. The summed E-state index contributed by atoms with van der Waals surface area (Å²) < 4.78 is 5.10. The summed E-state index contributed by atoms with van der Waals surface area (Å²) in [6.07, 6.45) is 0. The second kappa shape index (κ2) is 9.54. The highest BCUT2D eigenvalue weighted by Gasteiger charge is 2.18. The first-order valence-electron chi connectivity index (χ1n) is 13.9. The topological polar surface area (TPSA) is 34.2 Å². The van der Waals surface area contributed by atoms with E-state index in [-0.39, 0.29) is 0 Å². The van der Waals surface area contributed by atoms with Crippen molar-refractivity contribution in [2.75, 3.05) is 10.6 Å². The van der Waals surface area contributed by atoms with E-state index in [0.29, 0.717) is 6.54 Å². The second-order valence-electron chi connectivity index (χ2n) is 10.4. The molecule has 0 bridgehead atoms. The number of nitrogens with two attached hydrogens (primary N) is 1. The summed E-state index contributed by atoms with van der Waals surface area (Å²) in [7, 11) is 0. The van der Waals surface area contributed by atoms with E-state index in [1.54, 1.807) is 0 Å². The van der Waals surface area contributed by atoms with Gasteiger partial charge in [0.25, 0.3) is 0 Å². The van der Waals surface area contributed by atoms with Gasteiger partial charge in [0.15, 0.2) is 0 Å². The first-order valence-corrected chi connectivity index (χ1v) is 14.7. The Balaban J connectivity index is 1.34. The predicted molar refractivity (Wildman–Crippen MR) is 177 cm³/mol. The van der Waals surface area contributed by atoms with E-state index in [4.69, 9.17) is 5.73 Å². The van der Waals surface area contributed by atoms with Crippen LogP contribution in [0.1, 0.15) is 5.56 Å². The van der Waals surface area contributed by atoms with E-state index < -0.39 is 0 Å². The quantitative estimate of drug-likeness (QED) is 0.218. The number of nitrogens with zero attached hydrogens (tertiary/aromatic N) is 2. The van der Waals surface area contributed by atoms with Gasteiger partial charge >= 0.3 is 0 Å². The van der Waals surface area contributed by atoms with Crippen LogP contribution in [0.2, 0.25) is 0 Å². The van der Waals surface area contributed by atoms with Gasteiger partial charge in [-0.1, -0.05) is 91.0 Å². The molecule has 41 heavy (non-hydrogen) atoms. The van der Waals surface area contributed by atoms with Crippen LogP contribution < -0.4 is 10.6 Å². The van der Waals surface area contributed by atoms with Crippen LogP contribution in [-0.4, -0.2) is 4.57 Å². The highest BCUT2D eigenvalue weighted by molar-refractivity contribution is 7.26. The third-order valence-corrected chi connectivity index (χ3v) is 9.18. The number of hydrogen-bond donors (Lipinski definition) is 1. The van der Waals surface area contributed by atoms with Gasteiger partial charge in [0.2, 0.25) is 0 Å². The van der Waals surface area contributed by atoms with Crippen molar-refractivity contribution in [2.24, 2.45) is 0 Å². The molecule has 0 saturated carbocycles. The van der Waals surface area contributed by atoms with Crippen molar-refractivity contribution in [1.29, 1.82) is 0 Å². The first-order chi connectivity index (χ1) is 20.3. The van der Waals surface area contributed by atoms with Gasteiger partial charge in [0.1, 0.15) is 0 Å². The number of benzene rings is 6. The highest BCUT2D eigenvalue weighted by atomic mass is 32.1. The van der Waals surface area contributed by atoms with E-state index in [1.807, 2.05) is 35.6 Å². The van der Waals surface area contributed by atoms with E-state index in [0.717, 1.165) is 22.7 Å². The fourth-order valence-corrected chi connectivity index (χ4v) is 7.37. The van der Waals surface area contributed by atoms with E-state index in [9.17, 15) is 0 Å². The molecule has 6 aromatic carbocycles. The first kappa shape index (κ1) is 23.8. The van der Waals surface area contributed by atoms with Gasteiger partial charge < -0.3 is 15.2 Å². The Kier molecular flexibility index (Phi) is 5.54. The summed E-state index contributed by atoms with van der Waals surface area (Å²) in [6.45, 7) is 0.696. The molecular formula is C37H27N3S. The molecule has 8 rings (SSSR count). The molecule has 0 saturated heterocycles. The highest BCUT2D eigenvalue weighted by Crippen LogP contribution is 2.43. The van der Waals surface area contributed by atoms with Crippen LogP contribution in [0.25, 0.3) is 47.7 Å². The number of para-hydroxylation sites is 4. The molecule has 0 amide bonds. The van der Waals surface area contributed by atoms with Crippen LogP contribution in [-0.2, 0) is 6.54 Å². The van der Waals surface area contributed by atoms with E-state index >= 15 is 0 Å². The van der Waals surface area contributed by atoms with E-state index in [1.165, 1.54) is 47.5 Å². The minimum absolute atomic E-state index is 0.696. The maximum atomic E-state index is 6.48. The smallest absolute Gasteiger partial charge is 0.0719 e. The summed E-state index contributed by atoms with van der Waals surface area (Å²) in [5, 5.41) is 5.19. The molecule has 4 heteroatoms. The third kappa shape index (κ3) is 3.87. The summed E-state index contributed by atoms with van der Waals surface area (Å²) in [5.74, 6) is 0. The largest absolute Gasteiger partial charge is 0.397 e. The number of aromatic nitrogens is 1. The van der Waals surface area contributed by atoms with Crippen molar-refractivity contribution in [2.45, 2.75) is 6.54 Å². The normalized spacial score (nSPS) is 11.6. The van der Waals surface area contributed by atoms with Gasteiger partial charge in [-0.3, -0.25) is 0 Å². The molecule has 0 aliphatic carbocycles. The van der Waals surface area contributed by atoms with E-state index in [2.05, 4.69) is 125 Å². The van der Waals surface area contributed by atoms with Crippen molar-refractivity contribution >= 4 is 70.4 Å². The standard InChI is InChI=1S/C37H27N3S/c38-32-17-6-8-19-34(32)39(26-12-2-1-3-13-26)24-25-11-10-14-27(23-25)40-33-18-7-4-15-28(33)30-21-22-31-29-16-5-9-20-35(29)41-37(31)36(30)40/h1-23H,24,38H2. The Labute approximate surface area is 242 Å². The minimum Gasteiger partial charge on any atom is -0.397 e.